The maximum atomic E-state index is 11.4. The van der Waals surface area contributed by atoms with Crippen molar-refractivity contribution in [3.8, 4) is 6.07 Å². The zero-order valence-electron chi connectivity index (χ0n) is 11.1. The average molecular weight is 238 g/mol. The maximum absolute atomic E-state index is 11.4. The topological polar surface area (TPSA) is 52.9 Å². The molecule has 0 bridgehead atoms. The molecule has 0 saturated carbocycles. The quantitative estimate of drug-likeness (QED) is 0.560. The van der Waals surface area contributed by atoms with Gasteiger partial charge in [0.05, 0.1) is 6.07 Å². The number of nitriles is 1. The van der Waals surface area contributed by atoms with Gasteiger partial charge in [-0.05, 0) is 19.3 Å². The number of unbranched alkanes of at least 4 members (excludes halogenated alkanes) is 7. The standard InChI is InChI=1S/C14H26N2O/c1-2-3-4-5-6-8-11-14(17)16-13-10-7-9-12-15/h2-11,13H2,1H3,(H,16,17). The SMILES string of the molecule is CCCCCCCCC(=O)NCCCCC#N. The van der Waals surface area contributed by atoms with Crippen LogP contribution in [-0.4, -0.2) is 12.5 Å². The average Bonchev–Trinajstić information content (AvgIpc) is 2.33. The molecular formula is C14H26N2O. The largest absolute Gasteiger partial charge is 0.356 e. The molecule has 0 unspecified atom stereocenters. The van der Waals surface area contributed by atoms with E-state index in [1.165, 1.54) is 32.1 Å². The minimum Gasteiger partial charge on any atom is -0.356 e. The lowest BCUT2D eigenvalue weighted by Crippen LogP contribution is -2.23. The summed E-state index contributed by atoms with van der Waals surface area (Å²) in [5.41, 5.74) is 0. The summed E-state index contributed by atoms with van der Waals surface area (Å²) in [5.74, 6) is 0.164. The number of hydrogen-bond donors (Lipinski definition) is 1. The van der Waals surface area contributed by atoms with Crippen molar-refractivity contribution < 1.29 is 4.79 Å². The van der Waals surface area contributed by atoms with E-state index in [-0.39, 0.29) is 5.91 Å². The Morgan fingerprint density at radius 1 is 1.06 bits per heavy atom. The van der Waals surface area contributed by atoms with Gasteiger partial charge in [-0.2, -0.15) is 5.26 Å². The normalized spacial score (nSPS) is 9.88. The highest BCUT2D eigenvalue weighted by atomic mass is 16.1. The summed E-state index contributed by atoms with van der Waals surface area (Å²) >= 11 is 0. The minimum absolute atomic E-state index is 0.164. The van der Waals surface area contributed by atoms with E-state index in [9.17, 15) is 4.79 Å². The number of hydrogen-bond acceptors (Lipinski definition) is 2. The van der Waals surface area contributed by atoms with Crippen molar-refractivity contribution in [3.63, 3.8) is 0 Å². The van der Waals surface area contributed by atoms with Crippen molar-refractivity contribution in [3.05, 3.63) is 0 Å². The molecule has 0 radical (unpaired) electrons. The lowest BCUT2D eigenvalue weighted by Gasteiger charge is -2.04. The van der Waals surface area contributed by atoms with Crippen LogP contribution in [0, 0.1) is 11.3 Å². The number of carbonyl (C=O) groups excluding carboxylic acids is 1. The van der Waals surface area contributed by atoms with Crippen LogP contribution < -0.4 is 5.32 Å². The fourth-order valence-corrected chi connectivity index (χ4v) is 1.71. The molecule has 0 aromatic carbocycles. The summed E-state index contributed by atoms with van der Waals surface area (Å²) in [6, 6.07) is 2.10. The second-order valence-corrected chi connectivity index (χ2v) is 4.48. The van der Waals surface area contributed by atoms with Crippen molar-refractivity contribution in [2.24, 2.45) is 0 Å². The number of rotatable bonds is 11. The van der Waals surface area contributed by atoms with Crippen LogP contribution in [0.15, 0.2) is 0 Å². The van der Waals surface area contributed by atoms with Crippen LogP contribution in [0.5, 0.6) is 0 Å². The third-order valence-electron chi connectivity index (χ3n) is 2.79. The lowest BCUT2D eigenvalue weighted by molar-refractivity contribution is -0.121. The molecule has 0 aliphatic heterocycles. The molecule has 0 atom stereocenters. The number of amides is 1. The lowest BCUT2D eigenvalue weighted by atomic mass is 10.1. The number of nitrogens with zero attached hydrogens (tertiary/aromatic N) is 1. The first-order valence-corrected chi connectivity index (χ1v) is 6.95. The molecule has 1 amide bonds. The highest BCUT2D eigenvalue weighted by Crippen LogP contribution is 2.06. The fourth-order valence-electron chi connectivity index (χ4n) is 1.71. The van der Waals surface area contributed by atoms with E-state index in [0.717, 1.165) is 25.8 Å². The zero-order valence-corrected chi connectivity index (χ0v) is 11.1. The Hall–Kier alpha value is -1.04. The Labute approximate surface area is 106 Å². The Balaban J connectivity index is 3.15. The van der Waals surface area contributed by atoms with Crippen molar-refractivity contribution in [2.45, 2.75) is 71.1 Å². The summed E-state index contributed by atoms with van der Waals surface area (Å²) in [6.07, 6.45) is 10.3. The smallest absolute Gasteiger partial charge is 0.219 e. The van der Waals surface area contributed by atoms with Crippen molar-refractivity contribution in [1.29, 1.82) is 5.26 Å². The third-order valence-corrected chi connectivity index (χ3v) is 2.79. The van der Waals surface area contributed by atoms with Gasteiger partial charge in [-0.3, -0.25) is 4.79 Å². The van der Waals surface area contributed by atoms with Crippen LogP contribution in [0.1, 0.15) is 71.1 Å². The van der Waals surface area contributed by atoms with E-state index < -0.39 is 0 Å². The molecule has 0 heterocycles. The highest BCUT2D eigenvalue weighted by molar-refractivity contribution is 5.75. The first kappa shape index (κ1) is 16.0. The number of nitrogens with one attached hydrogen (secondary N) is 1. The molecule has 0 aliphatic carbocycles. The van der Waals surface area contributed by atoms with Gasteiger partial charge >= 0.3 is 0 Å². The summed E-state index contributed by atoms with van der Waals surface area (Å²) in [4.78, 5) is 11.4. The van der Waals surface area contributed by atoms with E-state index >= 15 is 0 Å². The van der Waals surface area contributed by atoms with Crippen LogP contribution >= 0.6 is 0 Å². The van der Waals surface area contributed by atoms with E-state index in [1.807, 2.05) is 0 Å². The zero-order chi connectivity index (χ0) is 12.8. The molecule has 1 N–H and O–H groups in total. The van der Waals surface area contributed by atoms with Crippen molar-refractivity contribution in [1.82, 2.24) is 5.32 Å². The van der Waals surface area contributed by atoms with Gasteiger partial charge in [0.1, 0.15) is 0 Å². The second kappa shape index (κ2) is 13.0. The van der Waals surface area contributed by atoms with E-state index in [2.05, 4.69) is 18.3 Å². The molecule has 98 valence electrons. The molecule has 0 aromatic rings. The first-order chi connectivity index (χ1) is 8.31. The Kier molecular flexibility index (Phi) is 12.2. The monoisotopic (exact) mass is 238 g/mol. The van der Waals surface area contributed by atoms with Gasteiger partial charge in [0.25, 0.3) is 0 Å². The van der Waals surface area contributed by atoms with Crippen molar-refractivity contribution in [2.75, 3.05) is 6.54 Å². The molecule has 0 aliphatic rings. The van der Waals surface area contributed by atoms with Crippen LogP contribution in [0.25, 0.3) is 0 Å². The van der Waals surface area contributed by atoms with Crippen LogP contribution in [0.3, 0.4) is 0 Å². The Bertz CT molecular complexity index is 221. The van der Waals surface area contributed by atoms with Crippen LogP contribution in [-0.2, 0) is 4.79 Å². The summed E-state index contributed by atoms with van der Waals surface area (Å²) in [7, 11) is 0. The van der Waals surface area contributed by atoms with Crippen molar-refractivity contribution >= 4 is 5.91 Å². The molecule has 3 heteroatoms. The van der Waals surface area contributed by atoms with Gasteiger partial charge in [0.15, 0.2) is 0 Å². The summed E-state index contributed by atoms with van der Waals surface area (Å²) < 4.78 is 0. The predicted octanol–water partition coefficient (Wildman–Crippen LogP) is 3.55. The maximum Gasteiger partial charge on any atom is 0.219 e. The van der Waals surface area contributed by atoms with Gasteiger partial charge in [-0.15, -0.1) is 0 Å². The molecule has 3 nitrogen and oxygen atoms in total. The minimum atomic E-state index is 0.164. The van der Waals surface area contributed by atoms with Crippen LogP contribution in [0.4, 0.5) is 0 Å². The van der Waals surface area contributed by atoms with E-state index in [1.54, 1.807) is 0 Å². The van der Waals surface area contributed by atoms with Gasteiger partial charge in [0, 0.05) is 19.4 Å². The third kappa shape index (κ3) is 12.9. The molecule has 0 saturated heterocycles. The molecular weight excluding hydrogens is 212 g/mol. The molecule has 17 heavy (non-hydrogen) atoms. The highest BCUT2D eigenvalue weighted by Gasteiger charge is 1.99. The van der Waals surface area contributed by atoms with Crippen LogP contribution in [0.2, 0.25) is 0 Å². The second-order valence-electron chi connectivity index (χ2n) is 4.48. The van der Waals surface area contributed by atoms with Gasteiger partial charge in [-0.1, -0.05) is 39.0 Å². The van der Waals surface area contributed by atoms with E-state index in [0.29, 0.717) is 12.8 Å². The predicted molar refractivity (Wildman–Crippen MR) is 70.5 cm³/mol. The molecule has 0 fully saturated rings. The van der Waals surface area contributed by atoms with Gasteiger partial charge < -0.3 is 5.32 Å². The fraction of sp³-hybridized carbons (Fsp3) is 0.857. The Morgan fingerprint density at radius 3 is 2.47 bits per heavy atom. The van der Waals surface area contributed by atoms with Gasteiger partial charge in [-0.25, -0.2) is 0 Å². The first-order valence-electron chi connectivity index (χ1n) is 6.95. The van der Waals surface area contributed by atoms with Gasteiger partial charge in [0.2, 0.25) is 5.91 Å². The molecule has 0 spiro atoms. The summed E-state index contributed by atoms with van der Waals surface area (Å²) in [6.45, 7) is 2.93. The van der Waals surface area contributed by atoms with E-state index in [4.69, 9.17) is 5.26 Å². The molecule has 0 aromatic heterocycles. The Morgan fingerprint density at radius 2 is 1.76 bits per heavy atom. The molecule has 0 rings (SSSR count). The number of carbonyl (C=O) groups is 1. The summed E-state index contributed by atoms with van der Waals surface area (Å²) in [5, 5.41) is 11.2.